The monoisotopic (exact) mass is 201 g/mol. The Bertz CT molecular complexity index is 184. The quantitative estimate of drug-likeness (QED) is 0.664. The van der Waals surface area contributed by atoms with E-state index >= 15 is 0 Å². The number of hydrogen-bond acceptors (Lipinski definition) is 3. The third-order valence-electron chi connectivity index (χ3n) is 2.56. The van der Waals surface area contributed by atoms with E-state index in [1.807, 2.05) is 0 Å². The molecule has 4 heteroatoms. The number of rotatable bonds is 2. The van der Waals surface area contributed by atoms with Crippen LogP contribution in [0.25, 0.3) is 0 Å². The Morgan fingerprint density at radius 3 is 2.86 bits per heavy atom. The van der Waals surface area contributed by atoms with Crippen molar-refractivity contribution in [2.24, 2.45) is 0 Å². The first-order valence-corrected chi connectivity index (χ1v) is 5.35. The van der Waals surface area contributed by atoms with Crippen LogP contribution in [0.5, 0.6) is 0 Å². The van der Waals surface area contributed by atoms with Gasteiger partial charge in [0.05, 0.1) is 18.8 Å². The molecule has 0 aromatic rings. The van der Waals surface area contributed by atoms with E-state index in [2.05, 4.69) is 5.32 Å². The molecule has 0 aliphatic heterocycles. The molecule has 82 valence electrons. The van der Waals surface area contributed by atoms with Crippen LogP contribution in [0, 0.1) is 0 Å². The predicted octanol–water partition coefficient (Wildman–Crippen LogP) is 1.43. The standard InChI is InChI=1S/C10H19NO3/c1-2-14-10(13)11-8-6-4-3-5-7-9(8)12/h8-9,12H,2-7H2,1H3,(H,11,13). The largest absolute Gasteiger partial charge is 0.450 e. The average molecular weight is 201 g/mol. The zero-order chi connectivity index (χ0) is 10.4. The van der Waals surface area contributed by atoms with Crippen molar-refractivity contribution in [1.29, 1.82) is 0 Å². The lowest BCUT2D eigenvalue weighted by Gasteiger charge is -2.21. The van der Waals surface area contributed by atoms with E-state index in [-0.39, 0.29) is 6.04 Å². The molecule has 0 heterocycles. The van der Waals surface area contributed by atoms with Gasteiger partial charge in [0.15, 0.2) is 0 Å². The van der Waals surface area contributed by atoms with Crippen LogP contribution in [0.15, 0.2) is 0 Å². The predicted molar refractivity (Wildman–Crippen MR) is 53.0 cm³/mol. The van der Waals surface area contributed by atoms with Crippen molar-refractivity contribution in [1.82, 2.24) is 5.32 Å². The van der Waals surface area contributed by atoms with E-state index in [0.717, 1.165) is 32.1 Å². The number of carbonyl (C=O) groups excluding carboxylic acids is 1. The smallest absolute Gasteiger partial charge is 0.407 e. The highest BCUT2D eigenvalue weighted by Crippen LogP contribution is 2.17. The summed E-state index contributed by atoms with van der Waals surface area (Å²) in [5.74, 6) is 0. The van der Waals surface area contributed by atoms with E-state index < -0.39 is 12.2 Å². The van der Waals surface area contributed by atoms with Gasteiger partial charge >= 0.3 is 6.09 Å². The summed E-state index contributed by atoms with van der Waals surface area (Å²) in [5.41, 5.74) is 0. The molecule has 0 aromatic carbocycles. The van der Waals surface area contributed by atoms with Gasteiger partial charge in [0.25, 0.3) is 0 Å². The Balaban J connectivity index is 2.36. The third-order valence-corrected chi connectivity index (χ3v) is 2.56. The van der Waals surface area contributed by atoms with Crippen molar-refractivity contribution in [3.63, 3.8) is 0 Å². The molecule has 1 fully saturated rings. The van der Waals surface area contributed by atoms with E-state index in [4.69, 9.17) is 4.74 Å². The van der Waals surface area contributed by atoms with Gasteiger partial charge in [0.2, 0.25) is 0 Å². The molecule has 0 bridgehead atoms. The van der Waals surface area contributed by atoms with Crippen LogP contribution >= 0.6 is 0 Å². The molecule has 1 aliphatic rings. The zero-order valence-corrected chi connectivity index (χ0v) is 8.66. The van der Waals surface area contributed by atoms with E-state index in [0.29, 0.717) is 6.61 Å². The van der Waals surface area contributed by atoms with Crippen LogP contribution < -0.4 is 5.32 Å². The van der Waals surface area contributed by atoms with Crippen molar-refractivity contribution >= 4 is 6.09 Å². The fourth-order valence-electron chi connectivity index (χ4n) is 1.78. The van der Waals surface area contributed by atoms with E-state index in [9.17, 15) is 9.90 Å². The summed E-state index contributed by atoms with van der Waals surface area (Å²) in [6.45, 7) is 2.14. The maximum absolute atomic E-state index is 11.1. The summed E-state index contributed by atoms with van der Waals surface area (Å²) in [6, 6.07) is -0.128. The molecule has 14 heavy (non-hydrogen) atoms. The van der Waals surface area contributed by atoms with Crippen molar-refractivity contribution in [3.05, 3.63) is 0 Å². The van der Waals surface area contributed by atoms with Gasteiger partial charge in [0.1, 0.15) is 0 Å². The molecule has 1 rings (SSSR count). The molecular formula is C10H19NO3. The van der Waals surface area contributed by atoms with Crippen molar-refractivity contribution in [2.45, 2.75) is 51.2 Å². The zero-order valence-electron chi connectivity index (χ0n) is 8.66. The van der Waals surface area contributed by atoms with Gasteiger partial charge in [0, 0.05) is 0 Å². The SMILES string of the molecule is CCOC(=O)NC1CCCCCC1O. The van der Waals surface area contributed by atoms with Crippen molar-refractivity contribution in [3.8, 4) is 0 Å². The average Bonchev–Trinajstić information content (AvgIpc) is 2.33. The van der Waals surface area contributed by atoms with Gasteiger partial charge in [-0.05, 0) is 19.8 Å². The minimum Gasteiger partial charge on any atom is -0.450 e. The summed E-state index contributed by atoms with van der Waals surface area (Å²) >= 11 is 0. The molecule has 0 saturated heterocycles. The summed E-state index contributed by atoms with van der Waals surface area (Å²) in [6.07, 6.45) is 4.03. The minimum atomic E-state index is -0.418. The molecule has 0 aromatic heterocycles. The summed E-state index contributed by atoms with van der Waals surface area (Å²) in [4.78, 5) is 11.1. The number of alkyl carbamates (subject to hydrolysis) is 1. The fourth-order valence-corrected chi connectivity index (χ4v) is 1.78. The molecule has 0 spiro atoms. The molecule has 1 saturated carbocycles. The second kappa shape index (κ2) is 5.86. The van der Waals surface area contributed by atoms with Crippen molar-refractivity contribution < 1.29 is 14.6 Å². The second-order valence-electron chi connectivity index (χ2n) is 3.68. The number of aliphatic hydroxyl groups is 1. The van der Waals surface area contributed by atoms with Gasteiger partial charge in [-0.3, -0.25) is 0 Å². The first kappa shape index (κ1) is 11.3. The van der Waals surface area contributed by atoms with Crippen LogP contribution in [0.1, 0.15) is 39.0 Å². The number of carbonyl (C=O) groups is 1. The Morgan fingerprint density at radius 1 is 1.43 bits per heavy atom. The topological polar surface area (TPSA) is 58.6 Å². The molecule has 1 aliphatic carbocycles. The normalized spacial score (nSPS) is 27.9. The highest BCUT2D eigenvalue weighted by molar-refractivity contribution is 5.67. The number of hydrogen-bond donors (Lipinski definition) is 2. The molecule has 2 atom stereocenters. The number of amides is 1. The van der Waals surface area contributed by atoms with Gasteiger partial charge in [-0.2, -0.15) is 0 Å². The Kier molecular flexibility index (Phi) is 4.73. The van der Waals surface area contributed by atoms with Crippen molar-refractivity contribution in [2.75, 3.05) is 6.61 Å². The Morgan fingerprint density at radius 2 is 2.14 bits per heavy atom. The van der Waals surface area contributed by atoms with Gasteiger partial charge < -0.3 is 15.2 Å². The maximum atomic E-state index is 11.1. The number of nitrogens with one attached hydrogen (secondary N) is 1. The molecular weight excluding hydrogens is 182 g/mol. The van der Waals surface area contributed by atoms with E-state index in [1.165, 1.54) is 0 Å². The van der Waals surface area contributed by atoms with Gasteiger partial charge in [-0.15, -0.1) is 0 Å². The van der Waals surface area contributed by atoms with E-state index in [1.54, 1.807) is 6.92 Å². The summed E-state index contributed by atoms with van der Waals surface area (Å²) in [7, 11) is 0. The van der Waals surface area contributed by atoms with Gasteiger partial charge in [-0.1, -0.05) is 19.3 Å². The highest BCUT2D eigenvalue weighted by Gasteiger charge is 2.23. The lowest BCUT2D eigenvalue weighted by atomic mass is 10.1. The van der Waals surface area contributed by atoms with Crippen LogP contribution in [0.3, 0.4) is 0 Å². The Hall–Kier alpha value is -0.770. The van der Waals surface area contributed by atoms with Crippen LogP contribution in [0.2, 0.25) is 0 Å². The van der Waals surface area contributed by atoms with Crippen LogP contribution in [0.4, 0.5) is 4.79 Å². The molecule has 2 N–H and O–H groups in total. The number of aliphatic hydroxyl groups excluding tert-OH is 1. The van der Waals surface area contributed by atoms with Gasteiger partial charge in [-0.25, -0.2) is 4.79 Å². The lowest BCUT2D eigenvalue weighted by molar-refractivity contribution is 0.103. The molecule has 0 radical (unpaired) electrons. The maximum Gasteiger partial charge on any atom is 0.407 e. The van der Waals surface area contributed by atoms with Crippen LogP contribution in [-0.2, 0) is 4.74 Å². The first-order valence-electron chi connectivity index (χ1n) is 5.35. The molecule has 2 unspecified atom stereocenters. The first-order chi connectivity index (χ1) is 6.74. The Labute approximate surface area is 84.6 Å². The summed E-state index contributed by atoms with van der Waals surface area (Å²) in [5, 5.41) is 12.4. The highest BCUT2D eigenvalue weighted by atomic mass is 16.5. The summed E-state index contributed by atoms with van der Waals surface area (Å²) < 4.78 is 4.77. The number of ether oxygens (including phenoxy) is 1. The molecule has 1 amide bonds. The molecule has 4 nitrogen and oxygen atoms in total. The third kappa shape index (κ3) is 3.54. The van der Waals surface area contributed by atoms with Crippen LogP contribution in [-0.4, -0.2) is 30.0 Å². The fraction of sp³-hybridized carbons (Fsp3) is 0.900. The second-order valence-corrected chi connectivity index (χ2v) is 3.68. The lowest BCUT2D eigenvalue weighted by Crippen LogP contribution is -2.42. The minimum absolute atomic E-state index is 0.128.